The molecule has 1 aromatic rings. The highest BCUT2D eigenvalue weighted by atomic mass is 79.9. The SMILES string of the molecule is O=CC1(Br)C=CC(c2cccs2)S1. The summed E-state index contributed by atoms with van der Waals surface area (Å²) in [6, 6.07) is 4.12. The van der Waals surface area contributed by atoms with Crippen molar-refractivity contribution in [3.63, 3.8) is 0 Å². The van der Waals surface area contributed by atoms with E-state index in [2.05, 4.69) is 33.5 Å². The Hall–Kier alpha value is -0.0600. The van der Waals surface area contributed by atoms with Crippen LogP contribution in [0.15, 0.2) is 29.7 Å². The minimum absolute atomic E-state index is 0.324. The lowest BCUT2D eigenvalue weighted by molar-refractivity contribution is -0.107. The molecule has 0 radical (unpaired) electrons. The number of thioether (sulfide) groups is 1. The largest absolute Gasteiger partial charge is 0.300 e. The molecule has 4 heteroatoms. The van der Waals surface area contributed by atoms with Crippen LogP contribution in [0, 0.1) is 0 Å². The molecule has 68 valence electrons. The minimum Gasteiger partial charge on any atom is -0.300 e. The molecule has 0 aromatic carbocycles. The molecule has 2 unspecified atom stereocenters. The molecule has 0 saturated heterocycles. The fourth-order valence-electron chi connectivity index (χ4n) is 1.16. The van der Waals surface area contributed by atoms with Crippen LogP contribution in [-0.4, -0.2) is 9.94 Å². The first-order valence-electron chi connectivity index (χ1n) is 3.79. The van der Waals surface area contributed by atoms with Gasteiger partial charge in [0.2, 0.25) is 0 Å². The van der Waals surface area contributed by atoms with E-state index in [0.717, 1.165) is 6.29 Å². The lowest BCUT2D eigenvalue weighted by Gasteiger charge is -2.12. The van der Waals surface area contributed by atoms with Crippen LogP contribution in [0.5, 0.6) is 0 Å². The summed E-state index contributed by atoms with van der Waals surface area (Å²) in [7, 11) is 0. The Morgan fingerprint density at radius 2 is 2.46 bits per heavy atom. The van der Waals surface area contributed by atoms with Crippen LogP contribution in [0.3, 0.4) is 0 Å². The summed E-state index contributed by atoms with van der Waals surface area (Å²) in [5, 5.41) is 2.38. The second kappa shape index (κ2) is 3.59. The second-order valence-corrected chi connectivity index (χ2v) is 6.96. The van der Waals surface area contributed by atoms with E-state index >= 15 is 0 Å². The maximum atomic E-state index is 10.7. The van der Waals surface area contributed by atoms with Crippen LogP contribution in [0.4, 0.5) is 0 Å². The smallest absolute Gasteiger partial charge is 0.150 e. The predicted molar refractivity (Wildman–Crippen MR) is 61.5 cm³/mol. The van der Waals surface area contributed by atoms with Crippen LogP contribution < -0.4 is 0 Å². The number of rotatable bonds is 2. The lowest BCUT2D eigenvalue weighted by Crippen LogP contribution is -2.10. The van der Waals surface area contributed by atoms with Crippen molar-refractivity contribution in [3.8, 4) is 0 Å². The van der Waals surface area contributed by atoms with Crippen molar-refractivity contribution < 1.29 is 4.79 Å². The number of carbonyl (C=O) groups is 1. The number of thiophene rings is 1. The standard InChI is InChI=1S/C9H7BrOS2/c10-9(6-11)4-3-8(13-9)7-2-1-5-12-7/h1-6,8H. The number of alkyl halides is 1. The quantitative estimate of drug-likeness (QED) is 0.467. The van der Waals surface area contributed by atoms with Crippen molar-refractivity contribution in [3.05, 3.63) is 34.5 Å². The van der Waals surface area contributed by atoms with E-state index in [1.165, 1.54) is 4.88 Å². The van der Waals surface area contributed by atoms with Crippen molar-refractivity contribution in [1.82, 2.24) is 0 Å². The first-order chi connectivity index (χ1) is 6.23. The summed E-state index contributed by atoms with van der Waals surface area (Å²) in [6.45, 7) is 0. The summed E-state index contributed by atoms with van der Waals surface area (Å²) < 4.78 is -0.498. The van der Waals surface area contributed by atoms with Gasteiger partial charge in [0.05, 0.1) is 5.25 Å². The van der Waals surface area contributed by atoms with Crippen molar-refractivity contribution in [2.75, 3.05) is 0 Å². The summed E-state index contributed by atoms with van der Waals surface area (Å²) in [4.78, 5) is 12.0. The Kier molecular flexibility index (Phi) is 2.62. The van der Waals surface area contributed by atoms with Crippen LogP contribution >= 0.6 is 39.0 Å². The third kappa shape index (κ3) is 1.90. The Bertz CT molecular complexity index is 333. The molecule has 2 atom stereocenters. The van der Waals surface area contributed by atoms with Crippen LogP contribution in [0.25, 0.3) is 0 Å². The van der Waals surface area contributed by atoms with E-state index in [-0.39, 0.29) is 0 Å². The van der Waals surface area contributed by atoms with Crippen molar-refractivity contribution in [1.29, 1.82) is 0 Å². The normalized spacial score (nSPS) is 32.2. The summed E-state index contributed by atoms with van der Waals surface area (Å²) in [6.07, 6.45) is 4.91. The molecule has 0 amide bonds. The summed E-state index contributed by atoms with van der Waals surface area (Å²) in [5.74, 6) is 0. The van der Waals surface area contributed by atoms with E-state index in [4.69, 9.17) is 0 Å². The van der Waals surface area contributed by atoms with Gasteiger partial charge in [-0.2, -0.15) is 0 Å². The molecule has 1 aliphatic rings. The fourth-order valence-corrected chi connectivity index (χ4v) is 3.87. The van der Waals surface area contributed by atoms with Gasteiger partial charge < -0.3 is 4.79 Å². The maximum Gasteiger partial charge on any atom is 0.150 e. The summed E-state index contributed by atoms with van der Waals surface area (Å²) in [5.41, 5.74) is 0. The van der Waals surface area contributed by atoms with Gasteiger partial charge in [-0.3, -0.25) is 0 Å². The molecule has 0 spiro atoms. The van der Waals surface area contributed by atoms with E-state index in [1.807, 2.05) is 12.1 Å². The molecule has 1 aromatic heterocycles. The zero-order valence-electron chi connectivity index (χ0n) is 6.64. The van der Waals surface area contributed by atoms with E-state index in [9.17, 15) is 4.79 Å². The lowest BCUT2D eigenvalue weighted by atomic mass is 10.3. The van der Waals surface area contributed by atoms with Gasteiger partial charge >= 0.3 is 0 Å². The highest BCUT2D eigenvalue weighted by Crippen LogP contribution is 2.49. The van der Waals surface area contributed by atoms with Gasteiger partial charge in [0, 0.05) is 4.88 Å². The Morgan fingerprint density at radius 3 is 3.00 bits per heavy atom. The Morgan fingerprint density at radius 1 is 1.62 bits per heavy atom. The number of halogens is 1. The monoisotopic (exact) mass is 274 g/mol. The van der Waals surface area contributed by atoms with Gasteiger partial charge in [0.15, 0.2) is 6.29 Å². The average Bonchev–Trinajstić information content (AvgIpc) is 2.73. The highest BCUT2D eigenvalue weighted by molar-refractivity contribution is 9.12. The molecule has 0 aliphatic carbocycles. The first kappa shape index (κ1) is 9.49. The van der Waals surface area contributed by atoms with Gasteiger partial charge in [-0.05, 0) is 11.4 Å². The maximum absolute atomic E-state index is 10.7. The zero-order chi connectivity index (χ0) is 9.31. The number of carbonyl (C=O) groups excluding carboxylic acids is 1. The molecular weight excluding hydrogens is 268 g/mol. The first-order valence-corrected chi connectivity index (χ1v) is 6.34. The van der Waals surface area contributed by atoms with Crippen LogP contribution in [0.2, 0.25) is 0 Å². The molecule has 0 saturated carbocycles. The predicted octanol–water partition coefficient (Wildman–Crippen LogP) is 3.38. The third-order valence-corrected chi connectivity index (χ3v) is 5.17. The van der Waals surface area contributed by atoms with E-state index in [0.29, 0.717) is 5.25 Å². The minimum atomic E-state index is -0.498. The molecule has 0 bridgehead atoms. The molecule has 1 aliphatic heterocycles. The van der Waals surface area contributed by atoms with Gasteiger partial charge in [0.1, 0.15) is 3.66 Å². The number of hydrogen-bond donors (Lipinski definition) is 0. The average molecular weight is 275 g/mol. The molecule has 13 heavy (non-hydrogen) atoms. The molecule has 2 rings (SSSR count). The molecule has 0 N–H and O–H groups in total. The topological polar surface area (TPSA) is 17.1 Å². The van der Waals surface area contributed by atoms with Crippen LogP contribution in [-0.2, 0) is 4.79 Å². The van der Waals surface area contributed by atoms with E-state index < -0.39 is 3.66 Å². The van der Waals surface area contributed by atoms with Crippen LogP contribution in [0.1, 0.15) is 10.1 Å². The van der Waals surface area contributed by atoms with Gasteiger partial charge in [0.25, 0.3) is 0 Å². The number of hydrogen-bond acceptors (Lipinski definition) is 3. The third-order valence-electron chi connectivity index (χ3n) is 1.79. The summed E-state index contributed by atoms with van der Waals surface area (Å²) >= 11 is 6.72. The van der Waals surface area contributed by atoms with Crippen molar-refractivity contribution in [2.45, 2.75) is 8.91 Å². The van der Waals surface area contributed by atoms with Gasteiger partial charge in [-0.25, -0.2) is 0 Å². The molecular formula is C9H7BrOS2. The molecule has 1 nitrogen and oxygen atoms in total. The Balaban J connectivity index is 2.17. The second-order valence-electron chi connectivity index (χ2n) is 2.73. The number of aldehydes is 1. The Labute approximate surface area is 93.4 Å². The molecule has 2 heterocycles. The van der Waals surface area contributed by atoms with Gasteiger partial charge in [-0.1, -0.05) is 34.1 Å². The zero-order valence-corrected chi connectivity index (χ0v) is 9.86. The fraction of sp³-hybridized carbons (Fsp3) is 0.222. The van der Waals surface area contributed by atoms with Gasteiger partial charge in [-0.15, -0.1) is 23.1 Å². The van der Waals surface area contributed by atoms with E-state index in [1.54, 1.807) is 23.1 Å². The van der Waals surface area contributed by atoms with Crippen molar-refractivity contribution >= 4 is 45.3 Å². The van der Waals surface area contributed by atoms with Crippen molar-refractivity contribution in [2.24, 2.45) is 0 Å². The highest BCUT2D eigenvalue weighted by Gasteiger charge is 2.33. The molecule has 0 fully saturated rings.